The Morgan fingerprint density at radius 3 is 2.32 bits per heavy atom. The van der Waals surface area contributed by atoms with Crippen LogP contribution < -0.4 is 15.6 Å². The number of aliphatic hydroxyl groups excluding tert-OH is 1. The van der Waals surface area contributed by atoms with Gasteiger partial charge in [0.2, 0.25) is 5.90 Å². The molecule has 1 amide bonds. The fourth-order valence-corrected chi connectivity index (χ4v) is 4.79. The molecule has 1 heterocycles. The van der Waals surface area contributed by atoms with E-state index in [1.165, 1.54) is 6.07 Å². The smallest absolute Gasteiger partial charge is 0.266 e. The molecular formula is C33H32FN3O4. The molecular weight excluding hydrogens is 521 g/mol. The number of hydrogen-bond acceptors (Lipinski definition) is 6. The van der Waals surface area contributed by atoms with Gasteiger partial charge in [-0.05, 0) is 41.5 Å². The van der Waals surface area contributed by atoms with Crippen LogP contribution in [-0.2, 0) is 22.5 Å². The fraction of sp³-hybridized carbons (Fsp3) is 0.212. The molecule has 3 N–H and O–H groups in total. The predicted molar refractivity (Wildman–Crippen MR) is 155 cm³/mol. The second kappa shape index (κ2) is 13.2. The second-order valence-electron chi connectivity index (χ2n) is 9.76. The highest BCUT2D eigenvalue weighted by Gasteiger charge is 2.53. The quantitative estimate of drug-likeness (QED) is 0.171. The van der Waals surface area contributed by atoms with Gasteiger partial charge in [-0.15, -0.1) is 0 Å². The topological polar surface area (TPSA) is 92.2 Å². The number of rotatable bonds is 12. The van der Waals surface area contributed by atoms with Crippen LogP contribution in [-0.4, -0.2) is 35.7 Å². The number of carbonyl (C=O) groups is 1. The summed E-state index contributed by atoms with van der Waals surface area (Å²) in [6, 6.07) is 32.9. The molecule has 8 heteroatoms. The molecule has 41 heavy (non-hydrogen) atoms. The molecule has 0 radical (unpaired) electrons. The largest absolute Gasteiger partial charge is 0.494 e. The molecule has 210 valence electrons. The van der Waals surface area contributed by atoms with Gasteiger partial charge < -0.3 is 14.6 Å². The van der Waals surface area contributed by atoms with Crippen LogP contribution in [0.5, 0.6) is 5.75 Å². The second-order valence-corrected chi connectivity index (χ2v) is 9.76. The maximum Gasteiger partial charge on any atom is 0.266 e. The number of nitrogens with one attached hydrogen (secondary N) is 2. The van der Waals surface area contributed by atoms with Crippen LogP contribution >= 0.6 is 0 Å². The van der Waals surface area contributed by atoms with Crippen LogP contribution in [0.3, 0.4) is 0 Å². The van der Waals surface area contributed by atoms with E-state index in [-0.39, 0.29) is 25.4 Å². The molecule has 1 aliphatic heterocycles. The number of hydrazine groups is 1. The first-order valence-electron chi connectivity index (χ1n) is 13.6. The summed E-state index contributed by atoms with van der Waals surface area (Å²) in [6.07, 6.45) is 0.0832. The monoisotopic (exact) mass is 553 g/mol. The molecule has 0 saturated heterocycles. The third-order valence-corrected chi connectivity index (χ3v) is 6.89. The molecule has 7 nitrogen and oxygen atoms in total. The number of hydrogen-bond donors (Lipinski definition) is 3. The molecule has 1 aliphatic rings. The van der Waals surface area contributed by atoms with Crippen molar-refractivity contribution in [2.45, 2.75) is 31.0 Å². The molecule has 0 aliphatic carbocycles. The Morgan fingerprint density at radius 2 is 1.61 bits per heavy atom. The number of nitrogens with zero attached hydrogens (tertiary/aromatic N) is 1. The van der Waals surface area contributed by atoms with Crippen molar-refractivity contribution in [1.82, 2.24) is 10.9 Å². The van der Waals surface area contributed by atoms with Crippen LogP contribution in [0.1, 0.15) is 34.8 Å². The first kappa shape index (κ1) is 28.0. The van der Waals surface area contributed by atoms with Crippen molar-refractivity contribution >= 4 is 11.8 Å². The molecule has 0 spiro atoms. The molecule has 0 fully saturated rings. The summed E-state index contributed by atoms with van der Waals surface area (Å²) >= 11 is 0. The van der Waals surface area contributed by atoms with Gasteiger partial charge >= 0.3 is 0 Å². The van der Waals surface area contributed by atoms with Gasteiger partial charge in [-0.1, -0.05) is 78.9 Å². The summed E-state index contributed by atoms with van der Waals surface area (Å²) in [4.78, 5) is 19.1. The minimum absolute atomic E-state index is 0.0598. The lowest BCUT2D eigenvalue weighted by Crippen LogP contribution is -2.53. The van der Waals surface area contributed by atoms with Gasteiger partial charge in [0.1, 0.15) is 11.6 Å². The summed E-state index contributed by atoms with van der Waals surface area (Å²) in [5.74, 6) is 0.237. The van der Waals surface area contributed by atoms with Gasteiger partial charge in [0.15, 0.2) is 11.6 Å². The first-order valence-corrected chi connectivity index (χ1v) is 13.6. The molecule has 4 aromatic carbocycles. The van der Waals surface area contributed by atoms with Crippen LogP contribution in [0.15, 0.2) is 114 Å². The van der Waals surface area contributed by atoms with Crippen molar-refractivity contribution < 1.29 is 23.8 Å². The summed E-state index contributed by atoms with van der Waals surface area (Å²) in [7, 11) is 0. The lowest BCUT2D eigenvalue weighted by Gasteiger charge is -2.31. The molecule has 0 aromatic heterocycles. The van der Waals surface area contributed by atoms with E-state index in [9.17, 15) is 9.18 Å². The SMILES string of the molecule is O=C(NNCc1ccccc1F)[C@@]1(Cc2ccccc2)N=C(c2ccc(OCCCO)cc2)O[C@H]1c1ccccc1. The lowest BCUT2D eigenvalue weighted by atomic mass is 9.82. The Bertz CT molecular complexity index is 1470. The Balaban J connectivity index is 1.49. The highest BCUT2D eigenvalue weighted by Crippen LogP contribution is 2.42. The van der Waals surface area contributed by atoms with E-state index in [0.29, 0.717) is 35.8 Å². The highest BCUT2D eigenvalue weighted by molar-refractivity contribution is 6.01. The maximum absolute atomic E-state index is 14.2. The number of aliphatic imine (C=N–C) groups is 1. The Morgan fingerprint density at radius 1 is 0.927 bits per heavy atom. The van der Waals surface area contributed by atoms with Gasteiger partial charge in [0, 0.05) is 37.1 Å². The van der Waals surface area contributed by atoms with Crippen LogP contribution in [0, 0.1) is 5.82 Å². The number of amides is 1. The zero-order valence-corrected chi connectivity index (χ0v) is 22.5. The Kier molecular flexibility index (Phi) is 9.03. The number of halogens is 1. The van der Waals surface area contributed by atoms with Crippen molar-refractivity contribution in [3.8, 4) is 5.75 Å². The van der Waals surface area contributed by atoms with E-state index in [0.717, 1.165) is 11.1 Å². The average molecular weight is 554 g/mol. The van der Waals surface area contributed by atoms with Crippen LogP contribution in [0.4, 0.5) is 4.39 Å². The van der Waals surface area contributed by atoms with Gasteiger partial charge in [-0.2, -0.15) is 0 Å². The summed E-state index contributed by atoms with van der Waals surface area (Å²) in [5.41, 5.74) is 7.15. The van der Waals surface area contributed by atoms with Crippen LogP contribution in [0.25, 0.3) is 0 Å². The van der Waals surface area contributed by atoms with Gasteiger partial charge in [0.25, 0.3) is 5.91 Å². The van der Waals surface area contributed by atoms with E-state index < -0.39 is 17.6 Å². The maximum atomic E-state index is 14.2. The number of benzene rings is 4. The van der Waals surface area contributed by atoms with Gasteiger partial charge in [-0.3, -0.25) is 10.2 Å². The van der Waals surface area contributed by atoms with E-state index in [1.54, 1.807) is 18.2 Å². The zero-order chi connectivity index (χ0) is 28.5. The minimum atomic E-state index is -1.36. The Hall–Kier alpha value is -4.53. The van der Waals surface area contributed by atoms with Crippen molar-refractivity contribution in [2.24, 2.45) is 4.99 Å². The van der Waals surface area contributed by atoms with Crippen molar-refractivity contribution in [3.63, 3.8) is 0 Å². The van der Waals surface area contributed by atoms with Crippen molar-refractivity contribution in [2.75, 3.05) is 13.2 Å². The third-order valence-electron chi connectivity index (χ3n) is 6.89. The number of carbonyl (C=O) groups excluding carboxylic acids is 1. The van der Waals surface area contributed by atoms with Crippen LogP contribution in [0.2, 0.25) is 0 Å². The molecule has 4 aromatic rings. The van der Waals surface area contributed by atoms with Crippen molar-refractivity contribution in [1.29, 1.82) is 0 Å². The molecule has 0 saturated carbocycles. The third kappa shape index (κ3) is 6.62. The highest BCUT2D eigenvalue weighted by atomic mass is 19.1. The standard InChI is InChI=1S/C33H32FN3O4/c34-29-15-8-7-14-27(29)23-35-37-32(39)33(22-24-10-3-1-4-11-24)30(25-12-5-2-6-13-25)41-31(36-33)26-16-18-28(19-17-26)40-21-9-20-38/h1-8,10-19,30,35,38H,9,20-23H2,(H,37,39)/t30-,33-/m0/s1. The summed E-state index contributed by atoms with van der Waals surface area (Å²) in [5, 5.41) is 9.01. The molecule has 0 bridgehead atoms. The normalized spacial score (nSPS) is 17.9. The van der Waals surface area contributed by atoms with Gasteiger partial charge in [-0.25, -0.2) is 14.8 Å². The zero-order valence-electron chi connectivity index (χ0n) is 22.5. The van der Waals surface area contributed by atoms with Gasteiger partial charge in [0.05, 0.1) is 6.61 Å². The number of ether oxygens (including phenoxy) is 2. The molecule has 5 rings (SSSR count). The number of aliphatic hydroxyl groups is 1. The molecule has 0 unspecified atom stereocenters. The first-order chi connectivity index (χ1) is 20.1. The van der Waals surface area contributed by atoms with E-state index in [2.05, 4.69) is 10.9 Å². The van der Waals surface area contributed by atoms with E-state index in [4.69, 9.17) is 19.6 Å². The minimum Gasteiger partial charge on any atom is -0.494 e. The summed E-state index contributed by atoms with van der Waals surface area (Å²) in [6.45, 7) is 0.568. The Labute approximate surface area is 238 Å². The van der Waals surface area contributed by atoms with E-state index >= 15 is 0 Å². The molecule has 2 atom stereocenters. The lowest BCUT2D eigenvalue weighted by molar-refractivity contribution is -0.130. The predicted octanol–water partition coefficient (Wildman–Crippen LogP) is 4.91. The fourth-order valence-electron chi connectivity index (χ4n) is 4.79. The average Bonchev–Trinajstić information content (AvgIpc) is 3.40. The summed E-state index contributed by atoms with van der Waals surface area (Å²) < 4.78 is 26.4. The van der Waals surface area contributed by atoms with Crippen molar-refractivity contribution in [3.05, 3.63) is 137 Å². The van der Waals surface area contributed by atoms with E-state index in [1.807, 2.05) is 84.9 Å².